The Morgan fingerprint density at radius 3 is 2.40 bits per heavy atom. The van der Waals surface area contributed by atoms with Gasteiger partial charge in [-0.15, -0.1) is 6.58 Å². The number of benzene rings is 1. The molecule has 0 aliphatic rings. The van der Waals surface area contributed by atoms with Crippen molar-refractivity contribution in [2.24, 2.45) is 0 Å². The standard InChI is InChI=1S/C12H14F2O/c1-8(2)6-9(15)7-10-11(13)4-3-5-12(10)14/h3-5,9,15H,1,6-7H2,2H3. The Morgan fingerprint density at radius 1 is 1.40 bits per heavy atom. The van der Waals surface area contributed by atoms with Crippen molar-refractivity contribution in [3.05, 3.63) is 47.5 Å². The third-order valence-corrected chi connectivity index (χ3v) is 2.09. The van der Waals surface area contributed by atoms with Crippen molar-refractivity contribution >= 4 is 0 Å². The van der Waals surface area contributed by atoms with Gasteiger partial charge in [-0.25, -0.2) is 8.78 Å². The van der Waals surface area contributed by atoms with Crippen LogP contribution in [0.1, 0.15) is 18.9 Å². The van der Waals surface area contributed by atoms with Gasteiger partial charge in [0.05, 0.1) is 6.10 Å². The fraction of sp³-hybridized carbons (Fsp3) is 0.333. The molecule has 0 aliphatic heterocycles. The SMILES string of the molecule is C=C(C)CC(O)Cc1c(F)cccc1F. The zero-order valence-electron chi connectivity index (χ0n) is 8.63. The van der Waals surface area contributed by atoms with Crippen molar-refractivity contribution in [2.75, 3.05) is 0 Å². The Kier molecular flexibility index (Phi) is 3.97. The van der Waals surface area contributed by atoms with Gasteiger partial charge in [-0.3, -0.25) is 0 Å². The van der Waals surface area contributed by atoms with Crippen LogP contribution in [-0.2, 0) is 6.42 Å². The number of aliphatic hydroxyl groups excluding tert-OH is 1. The number of halogens is 2. The third-order valence-electron chi connectivity index (χ3n) is 2.09. The quantitative estimate of drug-likeness (QED) is 0.761. The second-order valence-electron chi connectivity index (χ2n) is 3.72. The van der Waals surface area contributed by atoms with Crippen LogP contribution in [0.25, 0.3) is 0 Å². The summed E-state index contributed by atoms with van der Waals surface area (Å²) in [5.74, 6) is -1.23. The Hall–Kier alpha value is -1.22. The van der Waals surface area contributed by atoms with Crippen LogP contribution in [-0.4, -0.2) is 11.2 Å². The van der Waals surface area contributed by atoms with Gasteiger partial charge >= 0.3 is 0 Å². The lowest BCUT2D eigenvalue weighted by Gasteiger charge is -2.11. The number of hydrogen-bond donors (Lipinski definition) is 1. The van der Waals surface area contributed by atoms with Gasteiger partial charge in [-0.05, 0) is 25.5 Å². The predicted molar refractivity (Wildman–Crippen MR) is 55.5 cm³/mol. The summed E-state index contributed by atoms with van der Waals surface area (Å²) >= 11 is 0. The first-order valence-corrected chi connectivity index (χ1v) is 4.76. The van der Waals surface area contributed by atoms with Crippen LogP contribution < -0.4 is 0 Å². The zero-order valence-corrected chi connectivity index (χ0v) is 8.63. The van der Waals surface area contributed by atoms with Crippen molar-refractivity contribution in [2.45, 2.75) is 25.9 Å². The molecule has 0 saturated heterocycles. The molecule has 0 radical (unpaired) electrons. The molecule has 1 unspecified atom stereocenters. The van der Waals surface area contributed by atoms with E-state index in [2.05, 4.69) is 6.58 Å². The molecule has 0 heterocycles. The maximum Gasteiger partial charge on any atom is 0.129 e. The molecule has 15 heavy (non-hydrogen) atoms. The van der Waals surface area contributed by atoms with E-state index in [1.54, 1.807) is 6.92 Å². The first-order chi connectivity index (χ1) is 7.00. The highest BCUT2D eigenvalue weighted by molar-refractivity contribution is 5.20. The van der Waals surface area contributed by atoms with E-state index in [1.807, 2.05) is 0 Å². The van der Waals surface area contributed by atoms with Gasteiger partial charge in [-0.1, -0.05) is 11.6 Å². The molecule has 0 aromatic heterocycles. The Morgan fingerprint density at radius 2 is 1.93 bits per heavy atom. The van der Waals surface area contributed by atoms with Crippen LogP contribution in [0.5, 0.6) is 0 Å². The first-order valence-electron chi connectivity index (χ1n) is 4.76. The highest BCUT2D eigenvalue weighted by Crippen LogP contribution is 2.16. The van der Waals surface area contributed by atoms with Gasteiger partial charge in [0.25, 0.3) is 0 Å². The van der Waals surface area contributed by atoms with Crippen LogP contribution in [0, 0.1) is 11.6 Å². The Labute approximate surface area is 88.1 Å². The molecular formula is C12H14F2O. The van der Waals surface area contributed by atoms with Gasteiger partial charge in [0.1, 0.15) is 11.6 Å². The minimum absolute atomic E-state index is 0.0225. The number of rotatable bonds is 4. The van der Waals surface area contributed by atoms with Gasteiger partial charge in [-0.2, -0.15) is 0 Å². The second-order valence-corrected chi connectivity index (χ2v) is 3.72. The van der Waals surface area contributed by atoms with Gasteiger partial charge < -0.3 is 5.11 Å². The molecule has 1 N–H and O–H groups in total. The lowest BCUT2D eigenvalue weighted by molar-refractivity contribution is 0.172. The summed E-state index contributed by atoms with van der Waals surface area (Å²) in [6.45, 7) is 5.40. The molecule has 82 valence electrons. The second kappa shape index (κ2) is 5.03. The summed E-state index contributed by atoms with van der Waals surface area (Å²) in [6, 6.07) is 3.68. The summed E-state index contributed by atoms with van der Waals surface area (Å²) in [7, 11) is 0. The molecule has 1 aromatic rings. The number of hydrogen-bond acceptors (Lipinski definition) is 1. The molecule has 0 fully saturated rings. The van der Waals surface area contributed by atoms with Gasteiger partial charge in [0, 0.05) is 12.0 Å². The van der Waals surface area contributed by atoms with E-state index in [0.717, 1.165) is 5.57 Å². The Bertz CT molecular complexity index is 340. The molecule has 0 amide bonds. The molecule has 1 rings (SSSR count). The average molecular weight is 212 g/mol. The highest BCUT2D eigenvalue weighted by Gasteiger charge is 2.13. The molecule has 0 saturated carbocycles. The van der Waals surface area contributed by atoms with E-state index in [1.165, 1.54) is 18.2 Å². The fourth-order valence-electron chi connectivity index (χ4n) is 1.44. The van der Waals surface area contributed by atoms with E-state index < -0.39 is 17.7 Å². The van der Waals surface area contributed by atoms with Crippen LogP contribution >= 0.6 is 0 Å². The van der Waals surface area contributed by atoms with Crippen molar-refractivity contribution in [3.63, 3.8) is 0 Å². The third kappa shape index (κ3) is 3.44. The van der Waals surface area contributed by atoms with E-state index in [0.29, 0.717) is 6.42 Å². The van der Waals surface area contributed by atoms with Crippen molar-refractivity contribution < 1.29 is 13.9 Å². The summed E-state index contributed by atoms with van der Waals surface area (Å²) in [5, 5.41) is 9.53. The van der Waals surface area contributed by atoms with Gasteiger partial charge in [0.15, 0.2) is 0 Å². The van der Waals surface area contributed by atoms with Crippen LogP contribution in [0.2, 0.25) is 0 Å². The maximum atomic E-state index is 13.2. The summed E-state index contributed by atoms with van der Waals surface area (Å²) in [5.41, 5.74) is 0.727. The molecule has 3 heteroatoms. The van der Waals surface area contributed by atoms with Crippen LogP contribution in [0.3, 0.4) is 0 Å². The summed E-state index contributed by atoms with van der Waals surface area (Å²) in [4.78, 5) is 0. The molecule has 1 nitrogen and oxygen atoms in total. The van der Waals surface area contributed by atoms with Gasteiger partial charge in [0.2, 0.25) is 0 Å². The van der Waals surface area contributed by atoms with Crippen molar-refractivity contribution in [1.82, 2.24) is 0 Å². The van der Waals surface area contributed by atoms with Crippen molar-refractivity contribution in [1.29, 1.82) is 0 Å². The largest absolute Gasteiger partial charge is 0.392 e. The monoisotopic (exact) mass is 212 g/mol. The average Bonchev–Trinajstić information content (AvgIpc) is 2.10. The summed E-state index contributed by atoms with van der Waals surface area (Å²) < 4.78 is 26.3. The smallest absolute Gasteiger partial charge is 0.129 e. The minimum atomic E-state index is -0.783. The molecular weight excluding hydrogens is 198 g/mol. The van der Waals surface area contributed by atoms with Crippen LogP contribution in [0.15, 0.2) is 30.4 Å². The first kappa shape index (κ1) is 11.9. The maximum absolute atomic E-state index is 13.2. The number of aliphatic hydroxyl groups is 1. The lowest BCUT2D eigenvalue weighted by Crippen LogP contribution is -2.13. The highest BCUT2D eigenvalue weighted by atomic mass is 19.1. The molecule has 1 aromatic carbocycles. The van der Waals surface area contributed by atoms with Crippen molar-refractivity contribution in [3.8, 4) is 0 Å². The topological polar surface area (TPSA) is 20.2 Å². The molecule has 0 spiro atoms. The molecule has 1 atom stereocenters. The van der Waals surface area contributed by atoms with Crippen LogP contribution in [0.4, 0.5) is 8.78 Å². The van der Waals surface area contributed by atoms with E-state index >= 15 is 0 Å². The molecule has 0 bridgehead atoms. The lowest BCUT2D eigenvalue weighted by atomic mass is 10.0. The fourth-order valence-corrected chi connectivity index (χ4v) is 1.44. The minimum Gasteiger partial charge on any atom is -0.392 e. The predicted octanol–water partition coefficient (Wildman–Crippen LogP) is 2.83. The summed E-state index contributed by atoms with van der Waals surface area (Å²) in [6.07, 6.45) is -0.451. The van der Waals surface area contributed by atoms with E-state index in [-0.39, 0.29) is 12.0 Å². The van der Waals surface area contributed by atoms with E-state index in [4.69, 9.17) is 0 Å². The van der Waals surface area contributed by atoms with E-state index in [9.17, 15) is 13.9 Å². The zero-order chi connectivity index (χ0) is 11.4. The Balaban J connectivity index is 2.76. The normalized spacial score (nSPS) is 12.5. The molecule has 0 aliphatic carbocycles.